The Bertz CT molecular complexity index is 633. The lowest BCUT2D eigenvalue weighted by molar-refractivity contribution is 0.249. The maximum Gasteiger partial charge on any atom is 0.170 e. The van der Waals surface area contributed by atoms with Crippen molar-refractivity contribution in [2.75, 3.05) is 25.0 Å². The zero-order valence-electron chi connectivity index (χ0n) is 13.4. The molecular formula is C18H23N3S2. The zero-order chi connectivity index (χ0) is 16.1. The molecule has 1 saturated heterocycles. The molecule has 122 valence electrons. The number of nitrogens with zero attached hydrogens (tertiary/aromatic N) is 1. The topological polar surface area (TPSA) is 27.3 Å². The van der Waals surface area contributed by atoms with Gasteiger partial charge < -0.3 is 10.6 Å². The van der Waals surface area contributed by atoms with E-state index in [1.165, 1.54) is 36.4 Å². The first-order valence-corrected chi connectivity index (χ1v) is 9.40. The van der Waals surface area contributed by atoms with Crippen LogP contribution < -0.4 is 10.6 Å². The van der Waals surface area contributed by atoms with E-state index in [2.05, 4.69) is 52.1 Å². The molecule has 0 aliphatic carbocycles. The van der Waals surface area contributed by atoms with Crippen LogP contribution in [0.3, 0.4) is 0 Å². The highest BCUT2D eigenvalue weighted by Gasteiger charge is 2.24. The summed E-state index contributed by atoms with van der Waals surface area (Å²) in [6.45, 7) is 5.30. The minimum Gasteiger partial charge on any atom is -0.360 e. The van der Waals surface area contributed by atoms with E-state index >= 15 is 0 Å². The lowest BCUT2D eigenvalue weighted by atomic mass is 10.2. The minimum atomic E-state index is 0.412. The summed E-state index contributed by atoms with van der Waals surface area (Å²) in [6, 6.07) is 13.0. The Morgan fingerprint density at radius 3 is 2.78 bits per heavy atom. The van der Waals surface area contributed by atoms with Crippen molar-refractivity contribution in [2.24, 2.45) is 0 Å². The van der Waals surface area contributed by atoms with Crippen LogP contribution in [0.4, 0.5) is 5.69 Å². The van der Waals surface area contributed by atoms with Crippen LogP contribution in [0.15, 0.2) is 41.8 Å². The molecule has 3 rings (SSSR count). The van der Waals surface area contributed by atoms with Gasteiger partial charge in [0.1, 0.15) is 0 Å². The molecule has 5 heteroatoms. The van der Waals surface area contributed by atoms with Gasteiger partial charge in [-0.2, -0.15) is 0 Å². The molecule has 0 unspecified atom stereocenters. The minimum absolute atomic E-state index is 0.412. The number of thiophene rings is 1. The summed E-state index contributed by atoms with van der Waals surface area (Å²) in [5, 5.41) is 9.53. The molecule has 2 aromatic rings. The van der Waals surface area contributed by atoms with E-state index in [0.717, 1.165) is 12.2 Å². The molecule has 0 saturated carbocycles. The van der Waals surface area contributed by atoms with E-state index in [-0.39, 0.29) is 0 Å². The number of nitrogens with one attached hydrogen (secondary N) is 2. The van der Waals surface area contributed by atoms with Gasteiger partial charge in [0.25, 0.3) is 0 Å². The summed E-state index contributed by atoms with van der Waals surface area (Å²) in [5.74, 6) is 0. The van der Waals surface area contributed by atoms with Crippen molar-refractivity contribution in [1.82, 2.24) is 10.2 Å². The number of anilines is 1. The molecule has 1 aromatic heterocycles. The lowest BCUT2D eigenvalue weighted by Gasteiger charge is -2.27. The maximum absolute atomic E-state index is 5.46. The van der Waals surface area contributed by atoms with E-state index in [0.29, 0.717) is 11.2 Å². The SMILES string of the molecule is Cc1cccc(NC(=S)NC[C@H](c2cccs2)N2CCCC2)c1. The Kier molecular flexibility index (Phi) is 5.65. The van der Waals surface area contributed by atoms with Crippen molar-refractivity contribution in [3.05, 3.63) is 52.2 Å². The molecule has 2 N–H and O–H groups in total. The summed E-state index contributed by atoms with van der Waals surface area (Å²) in [5.41, 5.74) is 2.27. The van der Waals surface area contributed by atoms with Gasteiger partial charge in [0, 0.05) is 17.1 Å². The monoisotopic (exact) mass is 345 g/mol. The van der Waals surface area contributed by atoms with Gasteiger partial charge in [0.15, 0.2) is 5.11 Å². The van der Waals surface area contributed by atoms with Gasteiger partial charge in [0.2, 0.25) is 0 Å². The first-order valence-electron chi connectivity index (χ1n) is 8.11. The average molecular weight is 346 g/mol. The summed E-state index contributed by atoms with van der Waals surface area (Å²) in [4.78, 5) is 3.98. The summed E-state index contributed by atoms with van der Waals surface area (Å²) in [7, 11) is 0. The number of rotatable bonds is 5. The van der Waals surface area contributed by atoms with Gasteiger partial charge >= 0.3 is 0 Å². The molecule has 1 atom stereocenters. The second kappa shape index (κ2) is 7.90. The fourth-order valence-electron chi connectivity index (χ4n) is 3.03. The molecule has 0 amide bonds. The van der Waals surface area contributed by atoms with Crippen molar-refractivity contribution in [3.8, 4) is 0 Å². The van der Waals surface area contributed by atoms with Crippen LogP contribution in [-0.2, 0) is 0 Å². The van der Waals surface area contributed by atoms with Crippen molar-refractivity contribution >= 4 is 34.4 Å². The van der Waals surface area contributed by atoms with Crippen LogP contribution in [0.1, 0.15) is 29.3 Å². The van der Waals surface area contributed by atoms with Crippen LogP contribution in [0.2, 0.25) is 0 Å². The third-order valence-corrected chi connectivity index (χ3v) is 5.40. The molecule has 1 aliphatic rings. The smallest absolute Gasteiger partial charge is 0.170 e. The van der Waals surface area contributed by atoms with E-state index in [9.17, 15) is 0 Å². The highest BCUT2D eigenvalue weighted by atomic mass is 32.1. The molecule has 0 radical (unpaired) electrons. The maximum atomic E-state index is 5.46. The molecule has 1 aromatic carbocycles. The third-order valence-electron chi connectivity index (χ3n) is 4.18. The van der Waals surface area contributed by atoms with Crippen molar-refractivity contribution in [3.63, 3.8) is 0 Å². The Morgan fingerprint density at radius 2 is 2.09 bits per heavy atom. The Morgan fingerprint density at radius 1 is 1.26 bits per heavy atom. The molecular weight excluding hydrogens is 322 g/mol. The van der Waals surface area contributed by atoms with E-state index in [1.807, 2.05) is 23.5 Å². The molecule has 1 fully saturated rings. The molecule has 0 spiro atoms. The molecule has 3 nitrogen and oxygen atoms in total. The van der Waals surface area contributed by atoms with Crippen LogP contribution in [0.25, 0.3) is 0 Å². The van der Waals surface area contributed by atoms with Gasteiger partial charge in [-0.25, -0.2) is 0 Å². The van der Waals surface area contributed by atoms with Gasteiger partial charge in [-0.15, -0.1) is 11.3 Å². The fourth-order valence-corrected chi connectivity index (χ4v) is 4.09. The van der Waals surface area contributed by atoms with Gasteiger partial charge in [0.05, 0.1) is 6.04 Å². The Balaban J connectivity index is 1.59. The van der Waals surface area contributed by atoms with E-state index in [4.69, 9.17) is 12.2 Å². The number of aryl methyl sites for hydroxylation is 1. The molecule has 0 bridgehead atoms. The number of hydrogen-bond donors (Lipinski definition) is 2. The largest absolute Gasteiger partial charge is 0.360 e. The zero-order valence-corrected chi connectivity index (χ0v) is 15.1. The Labute approximate surface area is 147 Å². The predicted molar refractivity (Wildman–Crippen MR) is 103 cm³/mol. The number of thiocarbonyl (C=S) groups is 1. The number of benzene rings is 1. The van der Waals surface area contributed by atoms with Crippen molar-refractivity contribution in [1.29, 1.82) is 0 Å². The van der Waals surface area contributed by atoms with Crippen LogP contribution in [0, 0.1) is 6.92 Å². The number of hydrogen-bond acceptors (Lipinski definition) is 3. The quantitative estimate of drug-likeness (QED) is 0.795. The summed E-state index contributed by atoms with van der Waals surface area (Å²) in [6.07, 6.45) is 2.60. The van der Waals surface area contributed by atoms with Gasteiger partial charge in [-0.1, -0.05) is 18.2 Å². The molecule has 2 heterocycles. The van der Waals surface area contributed by atoms with Gasteiger partial charge in [-0.05, 0) is 74.2 Å². The van der Waals surface area contributed by atoms with E-state index in [1.54, 1.807) is 0 Å². The first-order chi connectivity index (χ1) is 11.2. The first kappa shape index (κ1) is 16.4. The number of likely N-dealkylation sites (tertiary alicyclic amines) is 1. The summed E-state index contributed by atoms with van der Waals surface area (Å²) < 4.78 is 0. The summed E-state index contributed by atoms with van der Waals surface area (Å²) >= 11 is 7.29. The highest BCUT2D eigenvalue weighted by molar-refractivity contribution is 7.80. The second-order valence-corrected chi connectivity index (χ2v) is 7.37. The molecule has 23 heavy (non-hydrogen) atoms. The third kappa shape index (κ3) is 4.53. The lowest BCUT2D eigenvalue weighted by Crippen LogP contribution is -2.38. The van der Waals surface area contributed by atoms with Crippen molar-refractivity contribution < 1.29 is 0 Å². The average Bonchev–Trinajstić information content (AvgIpc) is 3.21. The van der Waals surface area contributed by atoms with Crippen molar-refractivity contribution in [2.45, 2.75) is 25.8 Å². The standard InChI is InChI=1S/C18H23N3S2/c1-14-6-4-7-15(12-14)20-18(22)19-13-16(17-8-5-11-23-17)21-9-2-3-10-21/h4-8,11-12,16H,2-3,9-10,13H2,1H3,(H2,19,20,22)/t16-/m1/s1. The Hall–Kier alpha value is -1.43. The fraction of sp³-hybridized carbons (Fsp3) is 0.389. The van der Waals surface area contributed by atoms with Crippen LogP contribution in [-0.4, -0.2) is 29.6 Å². The highest BCUT2D eigenvalue weighted by Crippen LogP contribution is 2.27. The van der Waals surface area contributed by atoms with Crippen LogP contribution >= 0.6 is 23.6 Å². The van der Waals surface area contributed by atoms with Gasteiger partial charge in [-0.3, -0.25) is 4.90 Å². The second-order valence-electron chi connectivity index (χ2n) is 5.98. The molecule has 1 aliphatic heterocycles. The predicted octanol–water partition coefficient (Wildman–Crippen LogP) is 4.18. The van der Waals surface area contributed by atoms with E-state index < -0.39 is 0 Å². The van der Waals surface area contributed by atoms with Crippen LogP contribution in [0.5, 0.6) is 0 Å². The normalized spacial score (nSPS) is 16.2.